The molecule has 2 aliphatic rings. The molecule has 2 aromatic carbocycles. The maximum atomic E-state index is 12.6. The number of carbonyl (C=O) groups excluding carboxylic acids is 3. The lowest BCUT2D eigenvalue weighted by molar-refractivity contribution is -0.126. The van der Waals surface area contributed by atoms with Gasteiger partial charge in [0.1, 0.15) is 5.75 Å². The molecule has 11 heteroatoms. The van der Waals surface area contributed by atoms with Crippen molar-refractivity contribution in [3.8, 4) is 5.75 Å². The molecule has 2 aromatic rings. The third kappa shape index (κ3) is 7.33. The van der Waals surface area contributed by atoms with E-state index < -0.39 is 0 Å². The number of carbonyl (C=O) groups is 3. The fraction of sp³-hybridized carbons (Fsp3) is 0.400. The maximum Gasteiger partial charge on any atom is 0.262 e. The standard InChI is InChI=1S/C25H28Cl2N4O5/c26-18-12-19(27)14-20(13-18)29-23(32)16-36-22-3-1-21(2-4-22)31-15-17(11-24(31)33)25(34)28-5-6-30-7-9-35-10-8-30/h1-4,12-14,17H,5-11,15-16H2,(H,28,34)(H,29,32)/t17-/m0/s1. The molecule has 2 fully saturated rings. The van der Waals surface area contributed by atoms with Gasteiger partial charge in [-0.25, -0.2) is 0 Å². The van der Waals surface area contributed by atoms with E-state index in [1.54, 1.807) is 47.4 Å². The maximum absolute atomic E-state index is 12.6. The number of benzene rings is 2. The highest BCUT2D eigenvalue weighted by molar-refractivity contribution is 6.35. The van der Waals surface area contributed by atoms with Gasteiger partial charge in [-0.1, -0.05) is 23.2 Å². The van der Waals surface area contributed by atoms with Crippen LogP contribution in [0.2, 0.25) is 10.0 Å². The third-order valence-corrected chi connectivity index (χ3v) is 6.43. The Bertz CT molecular complexity index is 1070. The molecule has 2 saturated heterocycles. The van der Waals surface area contributed by atoms with Crippen molar-refractivity contribution in [2.45, 2.75) is 6.42 Å². The molecule has 0 bridgehead atoms. The van der Waals surface area contributed by atoms with Crippen LogP contribution >= 0.6 is 23.2 Å². The van der Waals surface area contributed by atoms with E-state index in [-0.39, 0.29) is 36.7 Å². The van der Waals surface area contributed by atoms with Gasteiger partial charge in [-0.3, -0.25) is 19.3 Å². The number of hydrogen-bond acceptors (Lipinski definition) is 6. The average molecular weight is 535 g/mol. The highest BCUT2D eigenvalue weighted by atomic mass is 35.5. The first kappa shape index (κ1) is 26.2. The van der Waals surface area contributed by atoms with Gasteiger partial charge in [-0.15, -0.1) is 0 Å². The van der Waals surface area contributed by atoms with Crippen LogP contribution < -0.4 is 20.3 Å². The number of hydrogen-bond donors (Lipinski definition) is 2. The van der Waals surface area contributed by atoms with Gasteiger partial charge in [0.05, 0.1) is 19.1 Å². The molecule has 0 radical (unpaired) electrons. The third-order valence-electron chi connectivity index (χ3n) is 5.99. The number of amides is 3. The summed E-state index contributed by atoms with van der Waals surface area (Å²) < 4.78 is 10.9. The van der Waals surface area contributed by atoms with Crippen molar-refractivity contribution >= 4 is 52.3 Å². The molecule has 0 saturated carbocycles. The van der Waals surface area contributed by atoms with Crippen LogP contribution in [0.3, 0.4) is 0 Å². The van der Waals surface area contributed by atoms with E-state index in [4.69, 9.17) is 32.7 Å². The first-order valence-corrected chi connectivity index (χ1v) is 12.5. The van der Waals surface area contributed by atoms with Crippen LogP contribution in [0.25, 0.3) is 0 Å². The molecule has 2 heterocycles. The minimum atomic E-state index is -0.387. The Balaban J connectivity index is 1.22. The van der Waals surface area contributed by atoms with Crippen LogP contribution in [0, 0.1) is 5.92 Å². The Hall–Kier alpha value is -2.85. The largest absolute Gasteiger partial charge is 0.484 e. The van der Waals surface area contributed by atoms with Crippen molar-refractivity contribution < 1.29 is 23.9 Å². The Kier molecular flexibility index (Phi) is 9.03. The lowest BCUT2D eigenvalue weighted by Crippen LogP contribution is -2.42. The topological polar surface area (TPSA) is 100 Å². The van der Waals surface area contributed by atoms with Gasteiger partial charge in [0.25, 0.3) is 5.91 Å². The summed E-state index contributed by atoms with van der Waals surface area (Å²) in [7, 11) is 0. The summed E-state index contributed by atoms with van der Waals surface area (Å²) in [6, 6.07) is 11.6. The quantitative estimate of drug-likeness (QED) is 0.513. The van der Waals surface area contributed by atoms with Crippen LogP contribution in [0.5, 0.6) is 5.75 Å². The molecule has 2 aliphatic heterocycles. The highest BCUT2D eigenvalue weighted by Crippen LogP contribution is 2.27. The molecule has 1 atom stereocenters. The summed E-state index contributed by atoms with van der Waals surface area (Å²) in [5.74, 6) is -0.485. The van der Waals surface area contributed by atoms with Gasteiger partial charge in [-0.2, -0.15) is 0 Å². The summed E-state index contributed by atoms with van der Waals surface area (Å²) >= 11 is 11.9. The van der Waals surface area contributed by atoms with Gasteiger partial charge >= 0.3 is 0 Å². The summed E-state index contributed by atoms with van der Waals surface area (Å²) in [6.07, 6.45) is 0.176. The van der Waals surface area contributed by atoms with E-state index in [0.717, 1.165) is 32.8 Å². The Labute approximate surface area is 219 Å². The van der Waals surface area contributed by atoms with Gasteiger partial charge < -0.3 is 25.0 Å². The number of halogens is 2. The Morgan fingerprint density at radius 1 is 1.06 bits per heavy atom. The zero-order valence-corrected chi connectivity index (χ0v) is 21.2. The highest BCUT2D eigenvalue weighted by Gasteiger charge is 2.35. The van der Waals surface area contributed by atoms with E-state index in [0.29, 0.717) is 40.3 Å². The summed E-state index contributed by atoms with van der Waals surface area (Å²) in [4.78, 5) is 41.1. The van der Waals surface area contributed by atoms with Gasteiger partial charge in [0.15, 0.2) is 6.61 Å². The Morgan fingerprint density at radius 3 is 2.44 bits per heavy atom. The van der Waals surface area contributed by atoms with Crippen LogP contribution in [-0.2, 0) is 19.1 Å². The molecule has 36 heavy (non-hydrogen) atoms. The number of nitrogens with one attached hydrogen (secondary N) is 2. The van der Waals surface area contributed by atoms with Crippen molar-refractivity contribution in [1.29, 1.82) is 0 Å². The van der Waals surface area contributed by atoms with Gasteiger partial charge in [0.2, 0.25) is 11.8 Å². The molecule has 3 amide bonds. The lowest BCUT2D eigenvalue weighted by Gasteiger charge is -2.26. The number of morpholine rings is 1. The van der Waals surface area contributed by atoms with E-state index in [1.807, 2.05) is 0 Å². The summed E-state index contributed by atoms with van der Waals surface area (Å²) in [5, 5.41) is 6.45. The summed E-state index contributed by atoms with van der Waals surface area (Å²) in [6.45, 7) is 4.61. The normalized spacial score (nSPS) is 18.2. The van der Waals surface area contributed by atoms with Crippen LogP contribution in [0.1, 0.15) is 6.42 Å². The predicted molar refractivity (Wildman–Crippen MR) is 138 cm³/mol. The van der Waals surface area contributed by atoms with Crippen LogP contribution in [0.4, 0.5) is 11.4 Å². The van der Waals surface area contributed by atoms with E-state index in [1.165, 1.54) is 0 Å². The minimum absolute atomic E-state index is 0.100. The minimum Gasteiger partial charge on any atom is -0.484 e. The van der Waals surface area contributed by atoms with Crippen molar-refractivity contribution in [2.24, 2.45) is 5.92 Å². The fourth-order valence-corrected chi connectivity index (χ4v) is 4.66. The van der Waals surface area contributed by atoms with E-state index >= 15 is 0 Å². The number of anilines is 2. The lowest BCUT2D eigenvalue weighted by atomic mass is 10.1. The van der Waals surface area contributed by atoms with Crippen molar-refractivity contribution in [1.82, 2.24) is 10.2 Å². The Morgan fingerprint density at radius 2 is 1.75 bits per heavy atom. The van der Waals surface area contributed by atoms with E-state index in [9.17, 15) is 14.4 Å². The SMILES string of the molecule is O=C(COc1ccc(N2C[C@@H](C(=O)NCCN3CCOCC3)CC2=O)cc1)Nc1cc(Cl)cc(Cl)c1. The molecular formula is C25H28Cl2N4O5. The molecule has 4 rings (SSSR count). The van der Waals surface area contributed by atoms with Gasteiger partial charge in [0, 0.05) is 60.6 Å². The molecule has 2 N–H and O–H groups in total. The molecule has 0 aromatic heterocycles. The van der Waals surface area contributed by atoms with Crippen molar-refractivity contribution in [2.75, 3.05) is 62.8 Å². The smallest absolute Gasteiger partial charge is 0.262 e. The molecule has 0 spiro atoms. The number of nitrogens with zero attached hydrogens (tertiary/aromatic N) is 2. The molecule has 192 valence electrons. The zero-order valence-electron chi connectivity index (χ0n) is 19.7. The molecular weight excluding hydrogens is 507 g/mol. The molecule has 9 nitrogen and oxygen atoms in total. The number of rotatable bonds is 9. The zero-order chi connectivity index (χ0) is 25.5. The fourth-order valence-electron chi connectivity index (χ4n) is 4.13. The van der Waals surface area contributed by atoms with E-state index in [2.05, 4.69) is 15.5 Å². The predicted octanol–water partition coefficient (Wildman–Crippen LogP) is 2.81. The number of ether oxygens (including phenoxy) is 2. The summed E-state index contributed by atoms with van der Waals surface area (Å²) in [5.41, 5.74) is 1.15. The van der Waals surface area contributed by atoms with Crippen molar-refractivity contribution in [3.05, 3.63) is 52.5 Å². The second-order valence-electron chi connectivity index (χ2n) is 8.64. The van der Waals surface area contributed by atoms with Gasteiger partial charge in [-0.05, 0) is 42.5 Å². The first-order valence-electron chi connectivity index (χ1n) is 11.7. The monoisotopic (exact) mass is 534 g/mol. The van der Waals surface area contributed by atoms with Crippen LogP contribution in [0.15, 0.2) is 42.5 Å². The average Bonchev–Trinajstić information content (AvgIpc) is 3.25. The first-order chi connectivity index (χ1) is 17.4. The second-order valence-corrected chi connectivity index (χ2v) is 9.51. The molecule has 0 unspecified atom stereocenters. The second kappa shape index (κ2) is 12.4. The van der Waals surface area contributed by atoms with Crippen molar-refractivity contribution in [3.63, 3.8) is 0 Å². The molecule has 0 aliphatic carbocycles. The van der Waals surface area contributed by atoms with Crippen LogP contribution in [-0.4, -0.2) is 75.2 Å².